The van der Waals surface area contributed by atoms with Crippen LogP contribution in [0.15, 0.2) is 165 Å². The van der Waals surface area contributed by atoms with Crippen LogP contribution in [0.25, 0.3) is 21.8 Å². The third kappa shape index (κ3) is 9.37. The zero-order valence-electron chi connectivity index (χ0n) is 33.2. The number of nitrogens with zero attached hydrogens (tertiary/aromatic N) is 4. The Morgan fingerprint density at radius 3 is 1.40 bits per heavy atom. The number of halogens is 2. The molecule has 4 aromatic heterocycles. The monoisotopic (exact) mass is 963 g/mol. The van der Waals surface area contributed by atoms with Crippen LogP contribution >= 0.6 is 31.9 Å². The fourth-order valence-electron chi connectivity index (χ4n) is 7.23. The molecular formula is C49H35Br2N5O7. The van der Waals surface area contributed by atoms with E-state index in [1.807, 2.05) is 59.2 Å². The number of ketones is 2. The van der Waals surface area contributed by atoms with E-state index in [-0.39, 0.29) is 50.8 Å². The molecule has 8 aromatic rings. The van der Waals surface area contributed by atoms with Crippen molar-refractivity contribution >= 4 is 77.1 Å². The molecule has 12 nitrogen and oxygen atoms in total. The Balaban J connectivity index is 0.000000174. The van der Waals surface area contributed by atoms with Gasteiger partial charge in [0.2, 0.25) is 10.9 Å². The van der Waals surface area contributed by atoms with Gasteiger partial charge in [0.1, 0.15) is 9.21 Å². The maximum absolute atomic E-state index is 13.6. The summed E-state index contributed by atoms with van der Waals surface area (Å²) in [4.78, 5) is 86.3. The molecule has 0 aliphatic heterocycles. The van der Waals surface area contributed by atoms with E-state index in [4.69, 9.17) is 0 Å². The summed E-state index contributed by atoms with van der Waals surface area (Å²) < 4.78 is 5.02. The van der Waals surface area contributed by atoms with Gasteiger partial charge in [0.05, 0.1) is 57.8 Å². The lowest BCUT2D eigenvalue weighted by Crippen LogP contribution is -2.28. The number of rotatable bonds is 11. The minimum atomic E-state index is -1.22. The summed E-state index contributed by atoms with van der Waals surface area (Å²) in [6.45, 7) is 0.714. The number of hydrogen-bond acceptors (Lipinski definition) is 8. The Morgan fingerprint density at radius 2 is 0.952 bits per heavy atom. The number of carbonyl (C=O) groups is 4. The number of amides is 1. The standard InChI is InChI=1S/C26H20BrN3O3.C23H15BrN2O4/c27-23-11-5-6-17(28-23)14-30-15-21(25(32)20-9-3-4-10-22(20)30)24(31)18-7-1-2-8-19(18)26(33)29-16-12-13-16;24-20-11-5-6-14(25-20)12-26-13-18(22(28)17-9-3-4-10-19(17)26)21(27)15-7-1-2-8-16(15)23(29)30/h1-11,15-16H,12-14H2,(H,29,33);1-11,13H,12H2,(H,29,30). The summed E-state index contributed by atoms with van der Waals surface area (Å²) in [6, 6.07) is 38.0. The van der Waals surface area contributed by atoms with Gasteiger partial charge in [0, 0.05) is 40.3 Å². The van der Waals surface area contributed by atoms with Crippen molar-refractivity contribution in [1.82, 2.24) is 24.4 Å². The summed E-state index contributed by atoms with van der Waals surface area (Å²) in [5.74, 6) is -2.61. The minimum absolute atomic E-state index is 0.0235. The molecule has 0 bridgehead atoms. The van der Waals surface area contributed by atoms with E-state index in [9.17, 15) is 33.9 Å². The largest absolute Gasteiger partial charge is 0.478 e. The number of nitrogens with one attached hydrogen (secondary N) is 1. The van der Waals surface area contributed by atoms with Gasteiger partial charge in [-0.05, 0) is 105 Å². The fourth-order valence-corrected chi connectivity index (χ4v) is 7.99. The molecular weight excluding hydrogens is 930 g/mol. The first-order chi connectivity index (χ1) is 30.5. The van der Waals surface area contributed by atoms with Gasteiger partial charge in [-0.3, -0.25) is 24.0 Å². The Hall–Kier alpha value is -7.16. The van der Waals surface area contributed by atoms with E-state index in [0.29, 0.717) is 44.1 Å². The van der Waals surface area contributed by atoms with Crippen molar-refractivity contribution in [3.8, 4) is 0 Å². The number of pyridine rings is 4. The zero-order valence-corrected chi connectivity index (χ0v) is 36.4. The van der Waals surface area contributed by atoms with E-state index in [0.717, 1.165) is 24.2 Å². The fraction of sp³-hybridized carbons (Fsp3) is 0.102. The lowest BCUT2D eigenvalue weighted by atomic mass is 9.97. The molecule has 0 atom stereocenters. The molecule has 312 valence electrons. The number of hydrogen-bond donors (Lipinski definition) is 2. The second-order valence-corrected chi connectivity index (χ2v) is 16.4. The van der Waals surface area contributed by atoms with Crippen molar-refractivity contribution in [1.29, 1.82) is 0 Å². The van der Waals surface area contributed by atoms with Crippen molar-refractivity contribution in [2.24, 2.45) is 0 Å². The third-order valence-electron chi connectivity index (χ3n) is 10.4. The van der Waals surface area contributed by atoms with E-state index < -0.39 is 23.0 Å². The molecule has 2 N–H and O–H groups in total. The van der Waals surface area contributed by atoms with Crippen LogP contribution in [0.3, 0.4) is 0 Å². The van der Waals surface area contributed by atoms with Gasteiger partial charge in [-0.1, -0.05) is 72.8 Å². The lowest BCUT2D eigenvalue weighted by molar-refractivity contribution is 0.0692. The number of carboxylic acids is 1. The molecule has 1 aliphatic rings. The van der Waals surface area contributed by atoms with Crippen LogP contribution in [0.1, 0.15) is 76.8 Å². The second kappa shape index (κ2) is 18.4. The molecule has 4 aromatic carbocycles. The summed E-state index contributed by atoms with van der Waals surface area (Å²) in [5.41, 5.74) is 2.36. The molecule has 0 spiro atoms. The molecule has 0 unspecified atom stereocenters. The van der Waals surface area contributed by atoms with Crippen LogP contribution in [0, 0.1) is 0 Å². The van der Waals surface area contributed by atoms with Crippen molar-refractivity contribution in [3.05, 3.63) is 220 Å². The maximum atomic E-state index is 13.6. The zero-order chi connectivity index (χ0) is 44.2. The van der Waals surface area contributed by atoms with Crippen molar-refractivity contribution in [2.45, 2.75) is 32.0 Å². The quantitative estimate of drug-likeness (QED) is 0.0954. The number of carboxylic acid groups (broad SMARTS) is 1. The highest BCUT2D eigenvalue weighted by Crippen LogP contribution is 2.23. The lowest BCUT2D eigenvalue weighted by Gasteiger charge is -2.14. The van der Waals surface area contributed by atoms with Crippen LogP contribution in [0.4, 0.5) is 0 Å². The molecule has 4 heterocycles. The van der Waals surface area contributed by atoms with E-state index >= 15 is 0 Å². The molecule has 1 saturated carbocycles. The summed E-state index contributed by atoms with van der Waals surface area (Å²) in [5, 5.41) is 13.2. The number of benzene rings is 4. The number of carbonyl (C=O) groups excluding carboxylic acids is 3. The normalized spacial score (nSPS) is 12.0. The predicted octanol–water partition coefficient (Wildman–Crippen LogP) is 8.47. The summed E-state index contributed by atoms with van der Waals surface area (Å²) in [6.07, 6.45) is 4.95. The smallest absolute Gasteiger partial charge is 0.336 e. The van der Waals surface area contributed by atoms with Crippen LogP contribution in [0.2, 0.25) is 0 Å². The molecule has 0 radical (unpaired) electrons. The highest BCUT2D eigenvalue weighted by molar-refractivity contribution is 9.10. The van der Waals surface area contributed by atoms with E-state index in [1.165, 1.54) is 24.4 Å². The molecule has 0 saturated heterocycles. The number of para-hydroxylation sites is 2. The van der Waals surface area contributed by atoms with Gasteiger partial charge in [-0.25, -0.2) is 14.8 Å². The predicted molar refractivity (Wildman–Crippen MR) is 246 cm³/mol. The molecule has 63 heavy (non-hydrogen) atoms. The van der Waals surface area contributed by atoms with Crippen LogP contribution in [-0.4, -0.2) is 53.7 Å². The van der Waals surface area contributed by atoms with Gasteiger partial charge >= 0.3 is 5.97 Å². The highest BCUT2D eigenvalue weighted by atomic mass is 79.9. The topological polar surface area (TPSA) is 170 Å². The Bertz CT molecular complexity index is 3250. The van der Waals surface area contributed by atoms with Gasteiger partial charge in [0.25, 0.3) is 5.91 Å². The number of fused-ring (bicyclic) bond motifs is 2. The maximum Gasteiger partial charge on any atom is 0.336 e. The summed E-state index contributed by atoms with van der Waals surface area (Å²) in [7, 11) is 0. The van der Waals surface area contributed by atoms with E-state index in [1.54, 1.807) is 71.4 Å². The van der Waals surface area contributed by atoms with E-state index in [2.05, 4.69) is 47.1 Å². The average molecular weight is 966 g/mol. The van der Waals surface area contributed by atoms with Gasteiger partial charge in [-0.2, -0.15) is 0 Å². The molecule has 1 amide bonds. The Labute approximate surface area is 376 Å². The average Bonchev–Trinajstić information content (AvgIpc) is 4.12. The Kier molecular flexibility index (Phi) is 12.4. The summed E-state index contributed by atoms with van der Waals surface area (Å²) >= 11 is 6.73. The van der Waals surface area contributed by atoms with Crippen LogP contribution < -0.4 is 16.2 Å². The van der Waals surface area contributed by atoms with Crippen molar-refractivity contribution in [2.75, 3.05) is 0 Å². The van der Waals surface area contributed by atoms with Gasteiger partial charge in [-0.15, -0.1) is 0 Å². The first-order valence-corrected chi connectivity index (χ1v) is 21.3. The van der Waals surface area contributed by atoms with Crippen molar-refractivity contribution < 1.29 is 24.3 Å². The Morgan fingerprint density at radius 1 is 0.540 bits per heavy atom. The first-order valence-electron chi connectivity index (χ1n) is 19.8. The minimum Gasteiger partial charge on any atom is -0.478 e. The van der Waals surface area contributed by atoms with Crippen LogP contribution in [0.5, 0.6) is 0 Å². The highest BCUT2D eigenvalue weighted by Gasteiger charge is 2.27. The molecule has 1 aliphatic carbocycles. The second-order valence-electron chi connectivity index (χ2n) is 14.7. The SMILES string of the molecule is O=C(NC1CC1)c1ccccc1C(=O)c1cn(Cc2cccc(Br)n2)c2ccccc2c1=O.O=C(O)c1ccccc1C(=O)c1cn(Cc2cccc(Br)n2)c2ccccc2c1=O. The van der Waals surface area contributed by atoms with Gasteiger partial charge < -0.3 is 19.6 Å². The van der Waals surface area contributed by atoms with Gasteiger partial charge in [0.15, 0.2) is 11.6 Å². The number of aromatic nitrogens is 4. The molecule has 1 fully saturated rings. The molecule has 9 rings (SSSR count). The van der Waals surface area contributed by atoms with Crippen molar-refractivity contribution in [3.63, 3.8) is 0 Å². The van der Waals surface area contributed by atoms with Crippen LogP contribution in [-0.2, 0) is 13.1 Å². The number of aromatic carboxylic acids is 1. The first kappa shape index (κ1) is 42.5. The molecule has 14 heteroatoms. The third-order valence-corrected chi connectivity index (χ3v) is 11.3.